The fourth-order valence-corrected chi connectivity index (χ4v) is 3.52. The summed E-state index contributed by atoms with van der Waals surface area (Å²) < 4.78 is 0. The van der Waals surface area contributed by atoms with Crippen LogP contribution < -0.4 is 15.5 Å². The summed E-state index contributed by atoms with van der Waals surface area (Å²) in [4.78, 5) is 25.0. The van der Waals surface area contributed by atoms with Gasteiger partial charge in [-0.15, -0.1) is 0 Å². The Labute approximate surface area is 166 Å². The van der Waals surface area contributed by atoms with Gasteiger partial charge in [-0.1, -0.05) is 29.8 Å². The summed E-state index contributed by atoms with van der Waals surface area (Å²) >= 11 is 11.6. The zero-order chi connectivity index (χ0) is 19.4. The van der Waals surface area contributed by atoms with Crippen LogP contribution in [0.15, 0.2) is 42.5 Å². The van der Waals surface area contributed by atoms with Gasteiger partial charge < -0.3 is 10.2 Å². The van der Waals surface area contributed by atoms with E-state index in [1.807, 2.05) is 6.07 Å². The van der Waals surface area contributed by atoms with Gasteiger partial charge >= 0.3 is 0 Å². The standard InChI is InChI=1S/C18H17ClN4O3S/c19-13-7-5-8-14(16(13)22-10-3-4-11-22)20-18(27)21-17(24)12-6-1-2-9-15(12)23(25)26/h1-2,5-9H,3-4,10-11H2,(H2,20,21,24,27). The number of amides is 1. The minimum Gasteiger partial charge on any atom is -0.369 e. The Balaban J connectivity index is 1.76. The van der Waals surface area contributed by atoms with Crippen LogP contribution in [0.2, 0.25) is 5.02 Å². The maximum atomic E-state index is 12.4. The van der Waals surface area contributed by atoms with E-state index in [9.17, 15) is 14.9 Å². The lowest BCUT2D eigenvalue weighted by Crippen LogP contribution is -2.35. The van der Waals surface area contributed by atoms with Crippen LogP contribution in [-0.4, -0.2) is 29.0 Å². The number of nitrogens with zero attached hydrogens (tertiary/aromatic N) is 2. The zero-order valence-corrected chi connectivity index (χ0v) is 15.8. The predicted octanol–water partition coefficient (Wildman–Crippen LogP) is 3.98. The second-order valence-corrected chi connectivity index (χ2v) is 6.83. The molecule has 0 spiro atoms. The van der Waals surface area contributed by atoms with Gasteiger partial charge in [-0.25, -0.2) is 0 Å². The van der Waals surface area contributed by atoms with Crippen LogP contribution in [0.1, 0.15) is 23.2 Å². The zero-order valence-electron chi connectivity index (χ0n) is 14.3. The number of anilines is 2. The van der Waals surface area contributed by atoms with E-state index in [0.29, 0.717) is 10.7 Å². The third-order valence-electron chi connectivity index (χ3n) is 4.23. The van der Waals surface area contributed by atoms with Crippen LogP contribution >= 0.6 is 23.8 Å². The molecule has 27 heavy (non-hydrogen) atoms. The van der Waals surface area contributed by atoms with E-state index >= 15 is 0 Å². The Morgan fingerprint density at radius 2 is 1.85 bits per heavy atom. The maximum absolute atomic E-state index is 12.4. The molecule has 1 saturated heterocycles. The van der Waals surface area contributed by atoms with Crippen LogP contribution in [-0.2, 0) is 0 Å². The summed E-state index contributed by atoms with van der Waals surface area (Å²) in [6, 6.07) is 11.1. The van der Waals surface area contributed by atoms with Crippen molar-refractivity contribution in [2.75, 3.05) is 23.3 Å². The van der Waals surface area contributed by atoms with E-state index in [-0.39, 0.29) is 16.4 Å². The highest BCUT2D eigenvalue weighted by Crippen LogP contribution is 2.35. The predicted molar refractivity (Wildman–Crippen MR) is 110 cm³/mol. The summed E-state index contributed by atoms with van der Waals surface area (Å²) in [5, 5.41) is 17.2. The molecule has 2 aromatic carbocycles. The smallest absolute Gasteiger partial charge is 0.282 e. The Morgan fingerprint density at radius 3 is 2.56 bits per heavy atom. The van der Waals surface area contributed by atoms with Gasteiger partial charge in [0.1, 0.15) is 5.56 Å². The fourth-order valence-electron chi connectivity index (χ4n) is 3.03. The molecule has 0 unspecified atom stereocenters. The van der Waals surface area contributed by atoms with Crippen molar-refractivity contribution in [1.29, 1.82) is 0 Å². The summed E-state index contributed by atoms with van der Waals surface area (Å²) in [6.45, 7) is 1.79. The van der Waals surface area contributed by atoms with E-state index in [2.05, 4.69) is 15.5 Å². The molecular formula is C18H17ClN4O3S. The molecular weight excluding hydrogens is 388 g/mol. The fraction of sp³-hybridized carbons (Fsp3) is 0.222. The van der Waals surface area contributed by atoms with Gasteiger partial charge in [0.25, 0.3) is 11.6 Å². The Bertz CT molecular complexity index is 900. The van der Waals surface area contributed by atoms with Gasteiger partial charge in [-0.05, 0) is 43.3 Å². The molecule has 0 aromatic heterocycles. The van der Waals surface area contributed by atoms with Crippen LogP contribution in [0.25, 0.3) is 0 Å². The third kappa shape index (κ3) is 4.35. The molecule has 0 aliphatic carbocycles. The number of benzene rings is 2. The number of carbonyl (C=O) groups is 1. The molecule has 1 fully saturated rings. The molecule has 9 heteroatoms. The SMILES string of the molecule is O=C(NC(=S)Nc1cccc(Cl)c1N1CCCC1)c1ccccc1[N+](=O)[O-]. The lowest BCUT2D eigenvalue weighted by atomic mass is 10.1. The van der Waals surface area contributed by atoms with E-state index in [1.165, 1.54) is 18.2 Å². The van der Waals surface area contributed by atoms with Crippen LogP contribution in [0.4, 0.5) is 17.1 Å². The highest BCUT2D eigenvalue weighted by Gasteiger charge is 2.22. The van der Waals surface area contributed by atoms with Gasteiger partial charge in [0.2, 0.25) is 0 Å². The molecule has 0 radical (unpaired) electrons. The van der Waals surface area contributed by atoms with Gasteiger partial charge in [0, 0.05) is 19.2 Å². The summed E-state index contributed by atoms with van der Waals surface area (Å²) in [5.74, 6) is -0.649. The lowest BCUT2D eigenvalue weighted by molar-refractivity contribution is -0.385. The number of nitro groups is 1. The van der Waals surface area contributed by atoms with Crippen molar-refractivity contribution >= 4 is 51.9 Å². The van der Waals surface area contributed by atoms with Crippen molar-refractivity contribution in [2.45, 2.75) is 12.8 Å². The monoisotopic (exact) mass is 404 g/mol. The minimum atomic E-state index is -0.649. The van der Waals surface area contributed by atoms with Crippen molar-refractivity contribution < 1.29 is 9.72 Å². The third-order valence-corrected chi connectivity index (χ3v) is 4.74. The van der Waals surface area contributed by atoms with Gasteiger partial charge in [0.15, 0.2) is 5.11 Å². The number of nitrogens with one attached hydrogen (secondary N) is 2. The number of rotatable bonds is 4. The average Bonchev–Trinajstić information content (AvgIpc) is 3.15. The highest BCUT2D eigenvalue weighted by molar-refractivity contribution is 7.80. The molecule has 0 atom stereocenters. The first-order chi connectivity index (χ1) is 13.0. The summed E-state index contributed by atoms with van der Waals surface area (Å²) in [5.41, 5.74) is 1.17. The van der Waals surface area contributed by atoms with E-state index in [1.54, 1.807) is 18.2 Å². The number of hydrogen-bond acceptors (Lipinski definition) is 5. The first kappa shape index (κ1) is 19.1. The molecule has 1 aliphatic heterocycles. The molecule has 3 rings (SSSR count). The van der Waals surface area contributed by atoms with Crippen molar-refractivity contribution in [3.05, 3.63) is 63.2 Å². The second kappa shape index (κ2) is 8.32. The Kier molecular flexibility index (Phi) is 5.88. The summed E-state index contributed by atoms with van der Waals surface area (Å²) in [6.07, 6.45) is 2.17. The van der Waals surface area contributed by atoms with Gasteiger partial charge in [-0.2, -0.15) is 0 Å². The molecule has 2 aromatic rings. The summed E-state index contributed by atoms with van der Waals surface area (Å²) in [7, 11) is 0. The van der Waals surface area contributed by atoms with E-state index < -0.39 is 10.8 Å². The van der Waals surface area contributed by atoms with Crippen molar-refractivity contribution in [1.82, 2.24) is 5.32 Å². The van der Waals surface area contributed by atoms with Crippen LogP contribution in [0.5, 0.6) is 0 Å². The van der Waals surface area contributed by atoms with E-state index in [4.69, 9.17) is 23.8 Å². The Hall–Kier alpha value is -2.71. The number of hydrogen-bond donors (Lipinski definition) is 2. The first-order valence-electron chi connectivity index (χ1n) is 8.36. The second-order valence-electron chi connectivity index (χ2n) is 6.01. The molecule has 2 N–H and O–H groups in total. The number of nitro benzene ring substituents is 1. The average molecular weight is 405 g/mol. The molecule has 1 heterocycles. The minimum absolute atomic E-state index is 0.0425. The lowest BCUT2D eigenvalue weighted by Gasteiger charge is -2.23. The quantitative estimate of drug-likeness (QED) is 0.455. The number of carbonyl (C=O) groups excluding carboxylic acids is 1. The molecule has 7 nitrogen and oxygen atoms in total. The largest absolute Gasteiger partial charge is 0.369 e. The van der Waals surface area contributed by atoms with Crippen molar-refractivity contribution in [2.24, 2.45) is 0 Å². The maximum Gasteiger partial charge on any atom is 0.282 e. The normalized spacial score (nSPS) is 13.3. The number of halogens is 1. The molecule has 140 valence electrons. The Morgan fingerprint density at radius 1 is 1.15 bits per heavy atom. The van der Waals surface area contributed by atoms with Gasteiger partial charge in [0.05, 0.1) is 21.3 Å². The van der Waals surface area contributed by atoms with Crippen LogP contribution in [0.3, 0.4) is 0 Å². The number of para-hydroxylation sites is 2. The molecule has 1 aliphatic rings. The molecule has 1 amide bonds. The number of thiocarbonyl (C=S) groups is 1. The molecule has 0 saturated carbocycles. The van der Waals surface area contributed by atoms with Crippen molar-refractivity contribution in [3.8, 4) is 0 Å². The first-order valence-corrected chi connectivity index (χ1v) is 9.15. The molecule has 0 bridgehead atoms. The van der Waals surface area contributed by atoms with Gasteiger partial charge in [-0.3, -0.25) is 20.2 Å². The van der Waals surface area contributed by atoms with Crippen molar-refractivity contribution in [3.63, 3.8) is 0 Å². The highest BCUT2D eigenvalue weighted by atomic mass is 35.5. The van der Waals surface area contributed by atoms with Crippen LogP contribution in [0, 0.1) is 10.1 Å². The topological polar surface area (TPSA) is 87.5 Å². The van der Waals surface area contributed by atoms with E-state index in [0.717, 1.165) is 31.6 Å².